The van der Waals surface area contributed by atoms with Crippen molar-refractivity contribution in [3.63, 3.8) is 0 Å². The third-order valence-corrected chi connectivity index (χ3v) is 2.06. The number of nitrogens with two attached hydrogens (primary N) is 1. The zero-order chi connectivity index (χ0) is 10.4. The molecule has 3 nitrogen and oxygen atoms in total. The van der Waals surface area contributed by atoms with Gasteiger partial charge in [-0.25, -0.2) is 0 Å². The van der Waals surface area contributed by atoms with Crippen molar-refractivity contribution in [3.05, 3.63) is 35.9 Å². The van der Waals surface area contributed by atoms with E-state index < -0.39 is 0 Å². The highest BCUT2D eigenvalue weighted by Gasteiger charge is 2.07. The fourth-order valence-electron chi connectivity index (χ4n) is 1.31. The Bertz CT molecular complexity index is 285. The van der Waals surface area contributed by atoms with Crippen LogP contribution >= 0.6 is 0 Å². The Morgan fingerprint density at radius 1 is 1.36 bits per heavy atom. The first-order chi connectivity index (χ1) is 6.74. The predicted octanol–water partition coefficient (Wildman–Crippen LogP) is 0.994. The molecule has 0 aliphatic heterocycles. The minimum atomic E-state index is 0.0688. The van der Waals surface area contributed by atoms with Crippen LogP contribution in [-0.2, 0) is 11.3 Å². The lowest BCUT2D eigenvalue weighted by molar-refractivity contribution is -0.129. The zero-order valence-electron chi connectivity index (χ0n) is 8.44. The van der Waals surface area contributed by atoms with Crippen LogP contribution in [0.25, 0.3) is 0 Å². The van der Waals surface area contributed by atoms with Crippen LogP contribution in [0.4, 0.5) is 0 Å². The van der Waals surface area contributed by atoms with Crippen molar-refractivity contribution in [2.75, 3.05) is 13.1 Å². The normalized spacial score (nSPS) is 9.86. The van der Waals surface area contributed by atoms with Gasteiger partial charge in [-0.1, -0.05) is 30.3 Å². The number of amides is 1. The highest BCUT2D eigenvalue weighted by molar-refractivity contribution is 5.73. The standard InChI is InChI=1S/C11H16N2O/c1-10(14)13(8-7-12)9-11-5-3-2-4-6-11/h2-6H,7-9,12H2,1H3. The molecule has 0 spiro atoms. The molecule has 0 radical (unpaired) electrons. The summed E-state index contributed by atoms with van der Waals surface area (Å²) in [5.41, 5.74) is 6.56. The van der Waals surface area contributed by atoms with Gasteiger partial charge in [0.15, 0.2) is 0 Å². The van der Waals surface area contributed by atoms with Crippen molar-refractivity contribution in [1.82, 2.24) is 4.90 Å². The molecule has 0 fully saturated rings. The van der Waals surface area contributed by atoms with Gasteiger partial charge >= 0.3 is 0 Å². The molecule has 0 aliphatic rings. The molecule has 0 aliphatic carbocycles. The third-order valence-electron chi connectivity index (χ3n) is 2.06. The highest BCUT2D eigenvalue weighted by atomic mass is 16.2. The lowest BCUT2D eigenvalue weighted by Crippen LogP contribution is -2.32. The Labute approximate surface area is 84.5 Å². The summed E-state index contributed by atoms with van der Waals surface area (Å²) in [4.78, 5) is 13.0. The third kappa shape index (κ3) is 3.18. The van der Waals surface area contributed by atoms with E-state index in [1.165, 1.54) is 0 Å². The maximum absolute atomic E-state index is 11.2. The summed E-state index contributed by atoms with van der Waals surface area (Å²) in [5, 5.41) is 0. The van der Waals surface area contributed by atoms with E-state index in [1.807, 2.05) is 30.3 Å². The Balaban J connectivity index is 2.60. The second-order valence-electron chi connectivity index (χ2n) is 3.21. The first-order valence-electron chi connectivity index (χ1n) is 4.73. The van der Waals surface area contributed by atoms with Crippen molar-refractivity contribution in [1.29, 1.82) is 0 Å². The fraction of sp³-hybridized carbons (Fsp3) is 0.364. The number of rotatable bonds is 4. The van der Waals surface area contributed by atoms with E-state index >= 15 is 0 Å². The molecule has 0 heterocycles. The lowest BCUT2D eigenvalue weighted by Gasteiger charge is -2.20. The van der Waals surface area contributed by atoms with Gasteiger partial charge in [-0.15, -0.1) is 0 Å². The number of nitrogens with zero attached hydrogens (tertiary/aromatic N) is 1. The molecule has 0 atom stereocenters. The Hall–Kier alpha value is -1.35. The van der Waals surface area contributed by atoms with E-state index in [0.29, 0.717) is 19.6 Å². The van der Waals surface area contributed by atoms with Crippen LogP contribution in [0.3, 0.4) is 0 Å². The molecule has 1 aromatic carbocycles. The monoisotopic (exact) mass is 192 g/mol. The van der Waals surface area contributed by atoms with Gasteiger partial charge in [0.05, 0.1) is 0 Å². The smallest absolute Gasteiger partial charge is 0.219 e. The van der Waals surface area contributed by atoms with Gasteiger partial charge in [-0.05, 0) is 5.56 Å². The van der Waals surface area contributed by atoms with E-state index in [0.717, 1.165) is 5.56 Å². The molecule has 0 saturated heterocycles. The molecular weight excluding hydrogens is 176 g/mol. The summed E-state index contributed by atoms with van der Waals surface area (Å²) in [6.45, 7) is 3.34. The average molecular weight is 192 g/mol. The van der Waals surface area contributed by atoms with Crippen molar-refractivity contribution in [2.24, 2.45) is 5.73 Å². The molecular formula is C11H16N2O. The SMILES string of the molecule is CC(=O)N(CCN)Cc1ccccc1. The van der Waals surface area contributed by atoms with E-state index in [1.54, 1.807) is 11.8 Å². The largest absolute Gasteiger partial charge is 0.337 e. The maximum atomic E-state index is 11.2. The van der Waals surface area contributed by atoms with Gasteiger partial charge in [0.2, 0.25) is 5.91 Å². The van der Waals surface area contributed by atoms with Crippen LogP contribution in [0, 0.1) is 0 Å². The van der Waals surface area contributed by atoms with Gasteiger partial charge in [0.25, 0.3) is 0 Å². The molecule has 1 rings (SSSR count). The quantitative estimate of drug-likeness (QED) is 0.773. The van der Waals surface area contributed by atoms with Crippen LogP contribution in [0.2, 0.25) is 0 Å². The van der Waals surface area contributed by atoms with Crippen molar-refractivity contribution in [2.45, 2.75) is 13.5 Å². The summed E-state index contributed by atoms with van der Waals surface area (Å²) >= 11 is 0. The number of carbonyl (C=O) groups is 1. The molecule has 1 amide bonds. The van der Waals surface area contributed by atoms with Crippen molar-refractivity contribution < 1.29 is 4.79 Å². The Morgan fingerprint density at radius 3 is 2.50 bits per heavy atom. The summed E-state index contributed by atoms with van der Waals surface area (Å²) in [6.07, 6.45) is 0. The molecule has 0 aromatic heterocycles. The summed E-state index contributed by atoms with van der Waals surface area (Å²) < 4.78 is 0. The highest BCUT2D eigenvalue weighted by Crippen LogP contribution is 2.03. The second-order valence-corrected chi connectivity index (χ2v) is 3.21. The minimum absolute atomic E-state index is 0.0688. The van der Waals surface area contributed by atoms with E-state index in [2.05, 4.69) is 0 Å². The molecule has 0 unspecified atom stereocenters. The molecule has 0 bridgehead atoms. The zero-order valence-corrected chi connectivity index (χ0v) is 8.44. The van der Waals surface area contributed by atoms with Crippen molar-refractivity contribution in [3.8, 4) is 0 Å². The molecule has 0 saturated carbocycles. The van der Waals surface area contributed by atoms with Crippen molar-refractivity contribution >= 4 is 5.91 Å². The summed E-state index contributed by atoms with van der Waals surface area (Å²) in [5.74, 6) is 0.0688. The molecule has 1 aromatic rings. The molecule has 14 heavy (non-hydrogen) atoms. The van der Waals surface area contributed by atoms with E-state index in [9.17, 15) is 4.79 Å². The predicted molar refractivity (Wildman–Crippen MR) is 56.6 cm³/mol. The van der Waals surface area contributed by atoms with Crippen LogP contribution < -0.4 is 5.73 Å². The number of hydrogen-bond donors (Lipinski definition) is 1. The van der Waals surface area contributed by atoms with E-state index in [4.69, 9.17) is 5.73 Å². The fourth-order valence-corrected chi connectivity index (χ4v) is 1.31. The van der Waals surface area contributed by atoms with Crippen LogP contribution in [0.1, 0.15) is 12.5 Å². The summed E-state index contributed by atoms with van der Waals surface area (Å²) in [7, 11) is 0. The minimum Gasteiger partial charge on any atom is -0.337 e. The Morgan fingerprint density at radius 2 is 2.00 bits per heavy atom. The number of carbonyl (C=O) groups excluding carboxylic acids is 1. The molecule has 76 valence electrons. The number of hydrogen-bond acceptors (Lipinski definition) is 2. The first kappa shape index (κ1) is 10.7. The molecule has 2 N–H and O–H groups in total. The Kier molecular flexibility index (Phi) is 4.13. The maximum Gasteiger partial charge on any atom is 0.219 e. The van der Waals surface area contributed by atoms with Gasteiger partial charge < -0.3 is 10.6 Å². The first-order valence-corrected chi connectivity index (χ1v) is 4.73. The molecule has 3 heteroatoms. The van der Waals surface area contributed by atoms with Gasteiger partial charge in [0, 0.05) is 26.6 Å². The van der Waals surface area contributed by atoms with Crippen LogP contribution in [0.15, 0.2) is 30.3 Å². The number of benzene rings is 1. The second kappa shape index (κ2) is 5.40. The van der Waals surface area contributed by atoms with Crippen LogP contribution in [-0.4, -0.2) is 23.9 Å². The average Bonchev–Trinajstić information content (AvgIpc) is 2.18. The topological polar surface area (TPSA) is 46.3 Å². The van der Waals surface area contributed by atoms with Gasteiger partial charge in [-0.3, -0.25) is 4.79 Å². The lowest BCUT2D eigenvalue weighted by atomic mass is 10.2. The van der Waals surface area contributed by atoms with Gasteiger partial charge in [-0.2, -0.15) is 0 Å². The van der Waals surface area contributed by atoms with E-state index in [-0.39, 0.29) is 5.91 Å². The van der Waals surface area contributed by atoms with Crippen LogP contribution in [0.5, 0.6) is 0 Å². The summed E-state index contributed by atoms with van der Waals surface area (Å²) in [6, 6.07) is 9.91. The van der Waals surface area contributed by atoms with Gasteiger partial charge in [0.1, 0.15) is 0 Å².